The molecule has 0 unspecified atom stereocenters. The van der Waals surface area contributed by atoms with Crippen LogP contribution in [0.1, 0.15) is 17.0 Å². The molecule has 2 rings (SSSR count). The number of aryl methyl sites for hydroxylation is 1. The molecule has 0 fully saturated rings. The first-order valence-corrected chi connectivity index (χ1v) is 6.00. The highest BCUT2D eigenvalue weighted by Gasteiger charge is 2.22. The highest BCUT2D eigenvalue weighted by Crippen LogP contribution is 2.27. The first-order chi connectivity index (χ1) is 9.90. The third-order valence-corrected chi connectivity index (χ3v) is 2.95. The summed E-state index contributed by atoms with van der Waals surface area (Å²) in [5, 5.41) is 25.2. The lowest BCUT2D eigenvalue weighted by molar-refractivity contribution is -0.386. The summed E-state index contributed by atoms with van der Waals surface area (Å²) in [5.74, 6) is -0.0323. The molecule has 0 aliphatic rings. The first kappa shape index (κ1) is 14.7. The molecule has 108 valence electrons. The van der Waals surface area contributed by atoms with Gasteiger partial charge in [0.1, 0.15) is 5.02 Å². The molecule has 1 aromatic carbocycles. The molecule has 0 aliphatic carbocycles. The molecular formula is C12H8ClN3O5. The van der Waals surface area contributed by atoms with Crippen molar-refractivity contribution in [2.75, 3.05) is 0 Å². The Hall–Kier alpha value is -2.74. The van der Waals surface area contributed by atoms with Crippen LogP contribution in [-0.4, -0.2) is 15.0 Å². The second-order valence-electron chi connectivity index (χ2n) is 4.04. The van der Waals surface area contributed by atoms with Gasteiger partial charge in [0.15, 0.2) is 5.69 Å². The number of rotatable bonds is 4. The van der Waals surface area contributed by atoms with Gasteiger partial charge in [-0.3, -0.25) is 20.2 Å². The summed E-state index contributed by atoms with van der Waals surface area (Å²) in [6, 6.07) is 4.17. The summed E-state index contributed by atoms with van der Waals surface area (Å²) in [5.41, 5.74) is 0.118. The van der Waals surface area contributed by atoms with Crippen LogP contribution in [0.2, 0.25) is 5.02 Å². The van der Waals surface area contributed by atoms with Gasteiger partial charge < -0.3 is 4.52 Å². The molecule has 1 heterocycles. The Labute approximate surface area is 122 Å². The van der Waals surface area contributed by atoms with Gasteiger partial charge in [-0.2, -0.15) is 0 Å². The number of nitro benzene ring substituents is 1. The second-order valence-corrected chi connectivity index (χ2v) is 4.45. The van der Waals surface area contributed by atoms with Crippen molar-refractivity contribution >= 4 is 35.1 Å². The molecular weight excluding hydrogens is 302 g/mol. The van der Waals surface area contributed by atoms with E-state index in [-0.39, 0.29) is 27.9 Å². The van der Waals surface area contributed by atoms with E-state index < -0.39 is 9.85 Å². The molecule has 0 bridgehead atoms. The zero-order chi connectivity index (χ0) is 15.6. The summed E-state index contributed by atoms with van der Waals surface area (Å²) in [4.78, 5) is 20.4. The van der Waals surface area contributed by atoms with Gasteiger partial charge in [-0.15, -0.1) is 0 Å². The van der Waals surface area contributed by atoms with Gasteiger partial charge in [0.2, 0.25) is 5.76 Å². The Morgan fingerprint density at radius 3 is 2.57 bits per heavy atom. The van der Waals surface area contributed by atoms with E-state index in [0.29, 0.717) is 5.56 Å². The fourth-order valence-corrected chi connectivity index (χ4v) is 1.85. The van der Waals surface area contributed by atoms with Crippen LogP contribution in [0.25, 0.3) is 12.2 Å². The highest BCUT2D eigenvalue weighted by molar-refractivity contribution is 6.32. The standard InChI is InChI=1S/C12H8ClN3O5/c1-7-12(16(19)20)11(21-14-7)5-3-8-2-4-9(13)10(6-8)15(17)18/h2-6H,1H3/b5-3+. The van der Waals surface area contributed by atoms with Crippen LogP contribution in [0.5, 0.6) is 0 Å². The molecule has 0 saturated carbocycles. The summed E-state index contributed by atoms with van der Waals surface area (Å²) in [6.45, 7) is 1.45. The zero-order valence-corrected chi connectivity index (χ0v) is 11.4. The molecule has 0 amide bonds. The molecule has 1 aromatic heterocycles. The lowest BCUT2D eigenvalue weighted by atomic mass is 10.1. The molecule has 8 nitrogen and oxygen atoms in total. The van der Waals surface area contributed by atoms with Crippen LogP contribution in [0.3, 0.4) is 0 Å². The molecule has 0 radical (unpaired) electrons. The second kappa shape index (κ2) is 5.71. The van der Waals surface area contributed by atoms with Crippen LogP contribution in [0.15, 0.2) is 22.7 Å². The third kappa shape index (κ3) is 3.06. The van der Waals surface area contributed by atoms with Crippen molar-refractivity contribution in [1.82, 2.24) is 5.16 Å². The fourth-order valence-electron chi connectivity index (χ4n) is 1.66. The number of aromatic nitrogens is 1. The number of halogens is 1. The average molecular weight is 310 g/mol. The Morgan fingerprint density at radius 1 is 1.24 bits per heavy atom. The van der Waals surface area contributed by atoms with Crippen molar-refractivity contribution in [2.45, 2.75) is 6.92 Å². The van der Waals surface area contributed by atoms with Gasteiger partial charge in [-0.05, 0) is 24.6 Å². The van der Waals surface area contributed by atoms with Crippen molar-refractivity contribution in [3.05, 3.63) is 60.5 Å². The van der Waals surface area contributed by atoms with Crippen LogP contribution in [0.4, 0.5) is 11.4 Å². The van der Waals surface area contributed by atoms with Gasteiger partial charge in [0.05, 0.1) is 9.85 Å². The average Bonchev–Trinajstić information content (AvgIpc) is 2.78. The minimum atomic E-state index is -0.610. The summed E-state index contributed by atoms with van der Waals surface area (Å²) < 4.78 is 4.84. The van der Waals surface area contributed by atoms with E-state index >= 15 is 0 Å². The minimum Gasteiger partial charge on any atom is -0.349 e. The third-order valence-electron chi connectivity index (χ3n) is 2.63. The van der Waals surface area contributed by atoms with Crippen molar-refractivity contribution in [2.24, 2.45) is 0 Å². The zero-order valence-electron chi connectivity index (χ0n) is 10.6. The Kier molecular flexibility index (Phi) is 3.99. The SMILES string of the molecule is Cc1noc(/C=C/c2ccc(Cl)c([N+](=O)[O-])c2)c1[N+](=O)[O-]. The van der Waals surface area contributed by atoms with E-state index in [0.717, 1.165) is 0 Å². The van der Waals surface area contributed by atoms with Gasteiger partial charge >= 0.3 is 5.69 Å². The molecule has 21 heavy (non-hydrogen) atoms. The Balaban J connectivity index is 2.36. The topological polar surface area (TPSA) is 112 Å². The molecule has 0 spiro atoms. The maximum atomic E-state index is 10.9. The molecule has 9 heteroatoms. The lowest BCUT2D eigenvalue weighted by Crippen LogP contribution is -1.90. The fraction of sp³-hybridized carbons (Fsp3) is 0.0833. The number of nitrogens with zero attached hydrogens (tertiary/aromatic N) is 3. The molecule has 0 N–H and O–H groups in total. The van der Waals surface area contributed by atoms with Gasteiger partial charge in [0, 0.05) is 6.07 Å². The summed E-state index contributed by atoms with van der Waals surface area (Å²) in [6.07, 6.45) is 2.77. The predicted octanol–water partition coefficient (Wildman–Crippen LogP) is 3.62. The van der Waals surface area contributed by atoms with E-state index in [1.807, 2.05) is 0 Å². The van der Waals surface area contributed by atoms with Crippen molar-refractivity contribution < 1.29 is 14.4 Å². The summed E-state index contributed by atoms with van der Waals surface area (Å²) in [7, 11) is 0. The normalized spacial score (nSPS) is 11.0. The number of nitro groups is 2. The van der Waals surface area contributed by atoms with Crippen molar-refractivity contribution in [1.29, 1.82) is 0 Å². The highest BCUT2D eigenvalue weighted by atomic mass is 35.5. The minimum absolute atomic E-state index is 0.0126. The van der Waals surface area contributed by atoms with Crippen molar-refractivity contribution in [3.63, 3.8) is 0 Å². The molecule has 0 saturated heterocycles. The molecule has 0 aliphatic heterocycles. The largest absolute Gasteiger partial charge is 0.349 e. The molecule has 2 aromatic rings. The molecule has 0 atom stereocenters. The lowest BCUT2D eigenvalue weighted by Gasteiger charge is -1.96. The van der Waals surface area contributed by atoms with Crippen LogP contribution < -0.4 is 0 Å². The first-order valence-electron chi connectivity index (χ1n) is 5.63. The van der Waals surface area contributed by atoms with E-state index in [2.05, 4.69) is 5.16 Å². The monoisotopic (exact) mass is 309 g/mol. The van der Waals surface area contributed by atoms with E-state index in [1.165, 1.54) is 31.2 Å². The number of benzene rings is 1. The van der Waals surface area contributed by atoms with Crippen LogP contribution in [0, 0.1) is 27.2 Å². The van der Waals surface area contributed by atoms with E-state index in [1.54, 1.807) is 6.07 Å². The van der Waals surface area contributed by atoms with Crippen LogP contribution in [-0.2, 0) is 0 Å². The maximum Gasteiger partial charge on any atom is 0.338 e. The maximum absolute atomic E-state index is 10.9. The Bertz CT molecular complexity index is 753. The summed E-state index contributed by atoms with van der Waals surface area (Å²) >= 11 is 5.69. The van der Waals surface area contributed by atoms with E-state index in [9.17, 15) is 20.2 Å². The predicted molar refractivity (Wildman–Crippen MR) is 74.9 cm³/mol. The van der Waals surface area contributed by atoms with Crippen LogP contribution >= 0.6 is 11.6 Å². The number of hydrogen-bond donors (Lipinski definition) is 0. The van der Waals surface area contributed by atoms with Gasteiger partial charge in [0.25, 0.3) is 5.69 Å². The van der Waals surface area contributed by atoms with Crippen molar-refractivity contribution in [3.8, 4) is 0 Å². The smallest absolute Gasteiger partial charge is 0.338 e. The number of hydrogen-bond acceptors (Lipinski definition) is 6. The van der Waals surface area contributed by atoms with Gasteiger partial charge in [-0.1, -0.05) is 28.9 Å². The van der Waals surface area contributed by atoms with E-state index in [4.69, 9.17) is 16.1 Å². The quantitative estimate of drug-likeness (QED) is 0.629. The Morgan fingerprint density at radius 2 is 1.95 bits per heavy atom. The van der Waals surface area contributed by atoms with Gasteiger partial charge in [-0.25, -0.2) is 0 Å².